The second-order valence-electron chi connectivity index (χ2n) is 5.09. The molecule has 16 heavy (non-hydrogen) atoms. The first kappa shape index (κ1) is 15.9. The summed E-state index contributed by atoms with van der Waals surface area (Å²) in [6.07, 6.45) is 1.01. The van der Waals surface area contributed by atoms with Crippen molar-refractivity contribution in [3.05, 3.63) is 0 Å². The maximum Gasteiger partial charge on any atom is 0.0496 e. The van der Waals surface area contributed by atoms with Gasteiger partial charge < -0.3 is 15.3 Å². The van der Waals surface area contributed by atoms with Gasteiger partial charge in [-0.3, -0.25) is 0 Å². The van der Waals surface area contributed by atoms with Gasteiger partial charge in [0.25, 0.3) is 0 Å². The smallest absolute Gasteiger partial charge is 0.0496 e. The van der Waals surface area contributed by atoms with Crippen LogP contribution in [0.15, 0.2) is 0 Å². The van der Waals surface area contributed by atoms with E-state index in [2.05, 4.69) is 44.8 Å². The minimum atomic E-state index is 0.0253. The van der Waals surface area contributed by atoms with Gasteiger partial charge in [0.1, 0.15) is 0 Å². The summed E-state index contributed by atoms with van der Waals surface area (Å²) in [5.74, 6) is 0. The van der Waals surface area contributed by atoms with E-state index < -0.39 is 0 Å². The Morgan fingerprint density at radius 1 is 1.25 bits per heavy atom. The van der Waals surface area contributed by atoms with Gasteiger partial charge in [0, 0.05) is 31.2 Å². The molecule has 0 aliphatic rings. The van der Waals surface area contributed by atoms with Gasteiger partial charge in [-0.15, -0.1) is 0 Å². The third-order valence-electron chi connectivity index (χ3n) is 3.54. The van der Waals surface area contributed by atoms with E-state index in [1.165, 1.54) is 0 Å². The lowest BCUT2D eigenvalue weighted by Gasteiger charge is -2.30. The summed E-state index contributed by atoms with van der Waals surface area (Å²) in [5, 5.41) is 12.8. The van der Waals surface area contributed by atoms with E-state index >= 15 is 0 Å². The van der Waals surface area contributed by atoms with Crippen molar-refractivity contribution in [2.45, 2.75) is 47.1 Å². The Bertz CT molecular complexity index is 165. The van der Waals surface area contributed by atoms with Gasteiger partial charge in [-0.05, 0) is 26.4 Å². The largest absolute Gasteiger partial charge is 0.396 e. The van der Waals surface area contributed by atoms with E-state index in [4.69, 9.17) is 0 Å². The Hall–Kier alpha value is -0.120. The molecule has 0 bridgehead atoms. The zero-order chi connectivity index (χ0) is 12.6. The summed E-state index contributed by atoms with van der Waals surface area (Å²) >= 11 is 0. The molecule has 0 saturated heterocycles. The highest BCUT2D eigenvalue weighted by Gasteiger charge is 2.21. The van der Waals surface area contributed by atoms with Crippen molar-refractivity contribution in [1.29, 1.82) is 0 Å². The number of aliphatic hydroxyl groups is 1. The Kier molecular flexibility index (Phi) is 7.98. The summed E-state index contributed by atoms with van der Waals surface area (Å²) in [6.45, 7) is 15.3. The summed E-state index contributed by atoms with van der Waals surface area (Å²) in [6, 6.07) is 0.484. The highest BCUT2D eigenvalue weighted by atomic mass is 16.3. The lowest BCUT2D eigenvalue weighted by atomic mass is 9.88. The molecular formula is C13H30N2O. The van der Waals surface area contributed by atoms with Gasteiger partial charge in [-0.25, -0.2) is 0 Å². The Morgan fingerprint density at radius 2 is 1.81 bits per heavy atom. The number of hydrogen-bond donors (Lipinski definition) is 2. The molecule has 2 N–H and O–H groups in total. The molecule has 98 valence electrons. The molecule has 0 spiro atoms. The molecule has 0 rings (SSSR count). The van der Waals surface area contributed by atoms with Crippen molar-refractivity contribution in [3.63, 3.8) is 0 Å². The molecule has 0 heterocycles. The lowest BCUT2D eigenvalue weighted by Crippen LogP contribution is -2.44. The van der Waals surface area contributed by atoms with Crippen molar-refractivity contribution in [1.82, 2.24) is 10.2 Å². The Labute approximate surface area is 101 Å². The van der Waals surface area contributed by atoms with Crippen LogP contribution in [-0.4, -0.2) is 48.8 Å². The second kappa shape index (κ2) is 8.04. The number of nitrogens with zero attached hydrogens (tertiary/aromatic N) is 1. The van der Waals surface area contributed by atoms with Gasteiger partial charge in [0.05, 0.1) is 0 Å². The molecule has 0 amide bonds. The van der Waals surface area contributed by atoms with Crippen LogP contribution >= 0.6 is 0 Å². The molecule has 0 fully saturated rings. The highest BCUT2D eigenvalue weighted by Crippen LogP contribution is 2.18. The average Bonchev–Trinajstić information content (AvgIpc) is 2.33. The molecule has 3 nitrogen and oxygen atoms in total. The minimum Gasteiger partial charge on any atom is -0.396 e. The molecule has 0 aromatic carbocycles. The van der Waals surface area contributed by atoms with E-state index in [1.807, 2.05) is 0 Å². The molecule has 0 aliphatic heterocycles. The van der Waals surface area contributed by atoms with Crippen LogP contribution in [0.4, 0.5) is 0 Å². The first-order valence-electron chi connectivity index (χ1n) is 6.57. The van der Waals surface area contributed by atoms with Crippen LogP contribution in [-0.2, 0) is 0 Å². The number of rotatable bonds is 9. The van der Waals surface area contributed by atoms with Crippen LogP contribution in [0.2, 0.25) is 0 Å². The lowest BCUT2D eigenvalue weighted by molar-refractivity contribution is 0.129. The van der Waals surface area contributed by atoms with Gasteiger partial charge in [0.15, 0.2) is 0 Å². The van der Waals surface area contributed by atoms with Crippen molar-refractivity contribution >= 4 is 0 Å². The number of hydrogen-bond acceptors (Lipinski definition) is 3. The Morgan fingerprint density at radius 3 is 2.19 bits per heavy atom. The summed E-state index contributed by atoms with van der Waals surface area (Å²) in [7, 11) is 0. The quantitative estimate of drug-likeness (QED) is 0.633. The molecular weight excluding hydrogens is 200 g/mol. The zero-order valence-electron chi connectivity index (χ0n) is 11.7. The third-order valence-corrected chi connectivity index (χ3v) is 3.54. The van der Waals surface area contributed by atoms with E-state index in [9.17, 15) is 5.11 Å². The molecule has 0 aliphatic carbocycles. The number of nitrogens with one attached hydrogen (secondary N) is 1. The van der Waals surface area contributed by atoms with Crippen LogP contribution in [0, 0.1) is 5.41 Å². The molecule has 0 aromatic rings. The van der Waals surface area contributed by atoms with E-state index in [0.717, 1.165) is 32.6 Å². The van der Waals surface area contributed by atoms with Crippen molar-refractivity contribution < 1.29 is 5.11 Å². The van der Waals surface area contributed by atoms with Gasteiger partial charge in [-0.1, -0.05) is 27.7 Å². The molecule has 2 unspecified atom stereocenters. The van der Waals surface area contributed by atoms with Crippen molar-refractivity contribution in [2.24, 2.45) is 5.41 Å². The zero-order valence-corrected chi connectivity index (χ0v) is 11.7. The fraction of sp³-hybridized carbons (Fsp3) is 1.00. The van der Waals surface area contributed by atoms with E-state index in [1.54, 1.807) is 0 Å². The standard InChI is InChI=1S/C13H30N2O/c1-6-13(5,11-16)10-14-12(4)9-15(7-2)8-3/h12,14,16H,6-11H2,1-5H3. The molecule has 0 saturated carbocycles. The first-order chi connectivity index (χ1) is 7.51. The molecule has 0 radical (unpaired) electrons. The van der Waals surface area contributed by atoms with Crippen LogP contribution in [0.25, 0.3) is 0 Å². The number of aliphatic hydroxyl groups excluding tert-OH is 1. The van der Waals surface area contributed by atoms with Crippen LogP contribution in [0.1, 0.15) is 41.0 Å². The summed E-state index contributed by atoms with van der Waals surface area (Å²) < 4.78 is 0. The summed E-state index contributed by atoms with van der Waals surface area (Å²) in [4.78, 5) is 2.42. The maximum atomic E-state index is 9.32. The van der Waals surface area contributed by atoms with Gasteiger partial charge >= 0.3 is 0 Å². The van der Waals surface area contributed by atoms with Crippen LogP contribution < -0.4 is 5.32 Å². The van der Waals surface area contributed by atoms with E-state index in [-0.39, 0.29) is 12.0 Å². The first-order valence-corrected chi connectivity index (χ1v) is 6.57. The molecule has 2 atom stereocenters. The fourth-order valence-corrected chi connectivity index (χ4v) is 1.65. The monoisotopic (exact) mass is 230 g/mol. The SMILES string of the molecule is CCN(CC)CC(C)NCC(C)(CC)CO. The van der Waals surface area contributed by atoms with Crippen LogP contribution in [0.5, 0.6) is 0 Å². The summed E-state index contributed by atoms with van der Waals surface area (Å²) in [5.41, 5.74) is 0.0253. The number of likely N-dealkylation sites (N-methyl/N-ethyl adjacent to an activating group) is 1. The van der Waals surface area contributed by atoms with Gasteiger partial charge in [-0.2, -0.15) is 0 Å². The van der Waals surface area contributed by atoms with Crippen LogP contribution in [0.3, 0.4) is 0 Å². The topological polar surface area (TPSA) is 35.5 Å². The third kappa shape index (κ3) is 5.83. The molecule has 3 heteroatoms. The second-order valence-corrected chi connectivity index (χ2v) is 5.09. The normalized spacial score (nSPS) is 17.4. The fourth-order valence-electron chi connectivity index (χ4n) is 1.65. The molecule has 0 aromatic heterocycles. The Balaban J connectivity index is 3.92. The predicted molar refractivity (Wildman–Crippen MR) is 70.7 cm³/mol. The highest BCUT2D eigenvalue weighted by molar-refractivity contribution is 4.77. The minimum absolute atomic E-state index is 0.0253. The average molecular weight is 230 g/mol. The van der Waals surface area contributed by atoms with Crippen molar-refractivity contribution in [2.75, 3.05) is 32.8 Å². The van der Waals surface area contributed by atoms with Crippen molar-refractivity contribution in [3.8, 4) is 0 Å². The maximum absolute atomic E-state index is 9.32. The predicted octanol–water partition coefficient (Wildman–Crippen LogP) is 1.71. The van der Waals surface area contributed by atoms with E-state index in [0.29, 0.717) is 6.04 Å². The van der Waals surface area contributed by atoms with Gasteiger partial charge in [0.2, 0.25) is 0 Å².